The average Bonchev–Trinajstić information content (AvgIpc) is 2.80. The van der Waals surface area contributed by atoms with Crippen molar-refractivity contribution < 1.29 is 9.59 Å². The predicted molar refractivity (Wildman–Crippen MR) is 135 cm³/mol. The van der Waals surface area contributed by atoms with E-state index in [1.807, 2.05) is 30.3 Å². The summed E-state index contributed by atoms with van der Waals surface area (Å²) in [6, 6.07) is 4.03. The highest BCUT2D eigenvalue weighted by atomic mass is 16.1. The number of carbonyl (C=O) groups is 2. The summed E-state index contributed by atoms with van der Waals surface area (Å²) >= 11 is 0. The van der Waals surface area contributed by atoms with Crippen molar-refractivity contribution in [2.45, 2.75) is 52.4 Å². The summed E-state index contributed by atoms with van der Waals surface area (Å²) in [5.41, 5.74) is 11.8. The molecule has 1 aromatic rings. The van der Waals surface area contributed by atoms with E-state index in [1.165, 1.54) is 16.6 Å². The van der Waals surface area contributed by atoms with E-state index >= 15 is 0 Å². The molecule has 1 heterocycles. The number of nitrogens with zero attached hydrogens (tertiary/aromatic N) is 3. The van der Waals surface area contributed by atoms with Gasteiger partial charge in [0.25, 0.3) is 0 Å². The Hall–Kier alpha value is -3.13. The smallest absolute Gasteiger partial charge is 0.207 e. The molecule has 0 saturated carbocycles. The number of nitrogens with one attached hydrogen (secondary N) is 1. The van der Waals surface area contributed by atoms with E-state index in [0.29, 0.717) is 24.5 Å². The highest BCUT2D eigenvalue weighted by Gasteiger charge is 2.14. The van der Waals surface area contributed by atoms with Crippen molar-refractivity contribution in [1.29, 1.82) is 0 Å². The molecule has 1 rings (SSSR count). The van der Waals surface area contributed by atoms with E-state index < -0.39 is 0 Å². The van der Waals surface area contributed by atoms with E-state index in [2.05, 4.69) is 25.2 Å². The second-order valence-corrected chi connectivity index (χ2v) is 8.02. The number of aldehydes is 1. The van der Waals surface area contributed by atoms with Gasteiger partial charge in [0.1, 0.15) is 6.29 Å². The number of unbranched alkanes of at least 4 members (excludes halogenated alkanes) is 1. The SMILES string of the molecule is CCCC(/C=C\C=O)=C/N(C)C/C(=C(/N)c1ccc(CCCCNC=O)c(CC)n1)N(C)N. The summed E-state index contributed by atoms with van der Waals surface area (Å²) in [7, 11) is 3.72. The molecule has 5 N–H and O–H groups in total. The lowest BCUT2D eigenvalue weighted by Crippen LogP contribution is -2.33. The third kappa shape index (κ3) is 9.91. The maximum Gasteiger partial charge on any atom is 0.207 e. The van der Waals surface area contributed by atoms with Crippen LogP contribution in [0.1, 0.15) is 56.5 Å². The first-order valence-electron chi connectivity index (χ1n) is 11.5. The number of hydrogen-bond acceptors (Lipinski definition) is 7. The summed E-state index contributed by atoms with van der Waals surface area (Å²) < 4.78 is 0. The van der Waals surface area contributed by atoms with Gasteiger partial charge in [0, 0.05) is 32.5 Å². The minimum absolute atomic E-state index is 0.496. The van der Waals surface area contributed by atoms with Crippen molar-refractivity contribution in [1.82, 2.24) is 20.2 Å². The van der Waals surface area contributed by atoms with Crippen molar-refractivity contribution in [3.8, 4) is 0 Å². The molecule has 0 aliphatic heterocycles. The van der Waals surface area contributed by atoms with Gasteiger partial charge in [-0.2, -0.15) is 0 Å². The van der Waals surface area contributed by atoms with Gasteiger partial charge in [-0.15, -0.1) is 0 Å². The minimum Gasteiger partial charge on any atom is -0.395 e. The average molecular weight is 457 g/mol. The molecule has 0 fully saturated rings. The van der Waals surface area contributed by atoms with E-state index in [-0.39, 0.29) is 0 Å². The van der Waals surface area contributed by atoms with Gasteiger partial charge in [-0.1, -0.05) is 32.4 Å². The van der Waals surface area contributed by atoms with E-state index in [9.17, 15) is 9.59 Å². The molecular formula is C25H40N6O2. The highest BCUT2D eigenvalue weighted by molar-refractivity contribution is 5.66. The molecule has 8 heteroatoms. The first-order valence-corrected chi connectivity index (χ1v) is 11.5. The first kappa shape index (κ1) is 27.9. The lowest BCUT2D eigenvalue weighted by molar-refractivity contribution is -0.109. The fourth-order valence-electron chi connectivity index (χ4n) is 3.56. The third-order valence-corrected chi connectivity index (χ3v) is 5.23. The van der Waals surface area contributed by atoms with Crippen molar-refractivity contribution in [3.63, 3.8) is 0 Å². The van der Waals surface area contributed by atoms with Crippen molar-refractivity contribution in [2.24, 2.45) is 11.6 Å². The van der Waals surface area contributed by atoms with Crippen LogP contribution in [0.25, 0.3) is 5.70 Å². The predicted octanol–water partition coefficient (Wildman–Crippen LogP) is 2.52. The summed E-state index contributed by atoms with van der Waals surface area (Å²) in [4.78, 5) is 27.9. The largest absolute Gasteiger partial charge is 0.395 e. The first-order chi connectivity index (χ1) is 15.9. The summed E-state index contributed by atoms with van der Waals surface area (Å²) in [5, 5.41) is 4.22. The van der Waals surface area contributed by atoms with Crippen LogP contribution in [0.5, 0.6) is 0 Å². The third-order valence-electron chi connectivity index (χ3n) is 5.23. The molecule has 1 amide bonds. The fourth-order valence-corrected chi connectivity index (χ4v) is 3.56. The zero-order valence-corrected chi connectivity index (χ0v) is 20.5. The lowest BCUT2D eigenvalue weighted by atomic mass is 10.0. The van der Waals surface area contributed by atoms with Crippen LogP contribution in [0.15, 0.2) is 41.8 Å². The molecule has 0 aliphatic carbocycles. The van der Waals surface area contributed by atoms with Gasteiger partial charge in [0.05, 0.1) is 23.6 Å². The Balaban J connectivity index is 3.10. The minimum atomic E-state index is 0.496. The molecule has 182 valence electrons. The normalized spacial score (nSPS) is 12.5. The topological polar surface area (TPSA) is 118 Å². The number of hydrogen-bond donors (Lipinski definition) is 3. The molecule has 0 atom stereocenters. The van der Waals surface area contributed by atoms with Gasteiger partial charge < -0.3 is 21.0 Å². The summed E-state index contributed by atoms with van der Waals surface area (Å²) in [6.45, 7) is 5.36. The van der Waals surface area contributed by atoms with Crippen molar-refractivity contribution in [2.75, 3.05) is 27.2 Å². The van der Waals surface area contributed by atoms with Crippen molar-refractivity contribution >= 4 is 18.4 Å². The van der Waals surface area contributed by atoms with Crippen LogP contribution in [0.2, 0.25) is 0 Å². The quantitative estimate of drug-likeness (QED) is 0.0873. The molecule has 0 unspecified atom stereocenters. The molecule has 0 radical (unpaired) electrons. The van der Waals surface area contributed by atoms with Crippen molar-refractivity contribution in [3.05, 3.63) is 58.7 Å². The van der Waals surface area contributed by atoms with Gasteiger partial charge in [-0.3, -0.25) is 14.6 Å². The Morgan fingerprint density at radius 1 is 1.18 bits per heavy atom. The summed E-state index contributed by atoms with van der Waals surface area (Å²) in [5.74, 6) is 6.13. The molecule has 0 bridgehead atoms. The fraction of sp³-hybridized carbons (Fsp3) is 0.480. The Labute approximate surface area is 198 Å². The van der Waals surface area contributed by atoms with Gasteiger partial charge >= 0.3 is 0 Å². The van der Waals surface area contributed by atoms with Crippen LogP contribution in [0.3, 0.4) is 0 Å². The Morgan fingerprint density at radius 3 is 2.55 bits per heavy atom. The van der Waals surface area contributed by atoms with E-state index in [4.69, 9.17) is 16.6 Å². The van der Waals surface area contributed by atoms with Crippen LogP contribution in [-0.2, 0) is 22.4 Å². The van der Waals surface area contributed by atoms with Gasteiger partial charge in [0.15, 0.2) is 0 Å². The zero-order valence-electron chi connectivity index (χ0n) is 20.5. The van der Waals surface area contributed by atoms with Crippen LogP contribution in [-0.4, -0.2) is 54.8 Å². The maximum atomic E-state index is 10.7. The van der Waals surface area contributed by atoms with Crippen LogP contribution >= 0.6 is 0 Å². The Bertz CT molecular complexity index is 845. The molecule has 8 nitrogen and oxygen atoms in total. The zero-order chi connectivity index (χ0) is 24.6. The number of likely N-dealkylation sites (N-methyl/N-ethyl adjacent to an activating group) is 2. The van der Waals surface area contributed by atoms with Crippen LogP contribution in [0.4, 0.5) is 0 Å². The number of hydrazine groups is 1. The van der Waals surface area contributed by atoms with E-state index in [0.717, 1.165) is 68.2 Å². The van der Waals surface area contributed by atoms with Crippen LogP contribution < -0.4 is 16.9 Å². The Kier molecular flexibility index (Phi) is 13.2. The van der Waals surface area contributed by atoms with Gasteiger partial charge in [-0.25, -0.2) is 5.84 Å². The number of carbonyl (C=O) groups excluding carboxylic acids is 2. The summed E-state index contributed by atoms with van der Waals surface area (Å²) in [6.07, 6.45) is 12.3. The molecule has 0 saturated heterocycles. The number of aromatic nitrogens is 1. The number of allylic oxidation sites excluding steroid dienone is 3. The van der Waals surface area contributed by atoms with E-state index in [1.54, 1.807) is 7.05 Å². The number of nitrogens with two attached hydrogens (primary N) is 2. The van der Waals surface area contributed by atoms with Gasteiger partial charge in [0.2, 0.25) is 6.41 Å². The second-order valence-electron chi connectivity index (χ2n) is 8.02. The second kappa shape index (κ2) is 15.6. The lowest BCUT2D eigenvalue weighted by Gasteiger charge is -2.25. The molecule has 0 aromatic carbocycles. The molecule has 33 heavy (non-hydrogen) atoms. The number of pyridine rings is 1. The number of amides is 1. The number of rotatable bonds is 16. The Morgan fingerprint density at radius 2 is 1.94 bits per heavy atom. The molecule has 1 aromatic heterocycles. The molecular weight excluding hydrogens is 416 g/mol. The highest BCUT2D eigenvalue weighted by Crippen LogP contribution is 2.19. The van der Waals surface area contributed by atoms with Gasteiger partial charge in [-0.05, 0) is 55.4 Å². The maximum absolute atomic E-state index is 10.7. The van der Waals surface area contributed by atoms with Crippen LogP contribution in [0, 0.1) is 0 Å². The number of aryl methyl sites for hydroxylation is 2. The monoisotopic (exact) mass is 456 g/mol. The standard InChI is InChI=1S/C25H40N6O2/c1-5-10-20(11-9-16-32)17-30(3)18-24(31(4)27)25(26)23-14-13-21(22(6-2)29-23)12-7-8-15-28-19-33/h9,11,13-14,16-17,19H,5-8,10,12,15,18,26-27H2,1-4H3,(H,28,33)/b11-9-,20-17-,25-24-. The molecule has 0 aliphatic rings. The molecule has 0 spiro atoms.